The van der Waals surface area contributed by atoms with Gasteiger partial charge in [0.25, 0.3) is 5.91 Å². The lowest BCUT2D eigenvalue weighted by atomic mass is 10.2. The Kier molecular flexibility index (Phi) is 3.75. The standard InChI is InChI=1S/C16H12BrFN2O/c17-12-4-3-11-7-15(20-14(11)8-12)16(21)19-9-10-1-5-13(18)6-2-10/h1-8,20H,9H2,(H,19,21). The number of hydrogen-bond acceptors (Lipinski definition) is 1. The number of hydrogen-bond donors (Lipinski definition) is 2. The van der Waals surface area contributed by atoms with E-state index in [-0.39, 0.29) is 11.7 Å². The first-order valence-electron chi connectivity index (χ1n) is 6.43. The van der Waals surface area contributed by atoms with Gasteiger partial charge in [-0.25, -0.2) is 4.39 Å². The minimum absolute atomic E-state index is 0.188. The highest BCUT2D eigenvalue weighted by Crippen LogP contribution is 2.20. The molecule has 0 atom stereocenters. The van der Waals surface area contributed by atoms with Gasteiger partial charge >= 0.3 is 0 Å². The molecule has 1 heterocycles. The number of benzene rings is 2. The lowest BCUT2D eigenvalue weighted by Crippen LogP contribution is -2.23. The SMILES string of the molecule is O=C(NCc1ccc(F)cc1)c1cc2ccc(Br)cc2[nH]1. The first-order valence-corrected chi connectivity index (χ1v) is 7.22. The first-order chi connectivity index (χ1) is 10.1. The van der Waals surface area contributed by atoms with Crippen LogP contribution in [0.25, 0.3) is 10.9 Å². The molecule has 2 N–H and O–H groups in total. The van der Waals surface area contributed by atoms with E-state index in [1.54, 1.807) is 12.1 Å². The average molecular weight is 347 g/mol. The maximum Gasteiger partial charge on any atom is 0.267 e. The predicted octanol–water partition coefficient (Wildman–Crippen LogP) is 4.00. The van der Waals surface area contributed by atoms with Gasteiger partial charge in [0.15, 0.2) is 0 Å². The van der Waals surface area contributed by atoms with E-state index in [9.17, 15) is 9.18 Å². The van der Waals surface area contributed by atoms with Gasteiger partial charge in [0, 0.05) is 21.9 Å². The molecule has 2 aromatic carbocycles. The van der Waals surface area contributed by atoms with Crippen molar-refractivity contribution >= 4 is 32.7 Å². The summed E-state index contributed by atoms with van der Waals surface area (Å²) in [7, 11) is 0. The van der Waals surface area contributed by atoms with Crippen LogP contribution in [0.15, 0.2) is 53.0 Å². The third kappa shape index (κ3) is 3.13. The Morgan fingerprint density at radius 1 is 1.14 bits per heavy atom. The molecule has 0 aliphatic heterocycles. The van der Waals surface area contributed by atoms with Crippen molar-refractivity contribution in [3.63, 3.8) is 0 Å². The topological polar surface area (TPSA) is 44.9 Å². The van der Waals surface area contributed by atoms with Gasteiger partial charge in [0.1, 0.15) is 11.5 Å². The van der Waals surface area contributed by atoms with Crippen molar-refractivity contribution in [1.29, 1.82) is 0 Å². The van der Waals surface area contributed by atoms with Crippen molar-refractivity contribution in [3.8, 4) is 0 Å². The normalized spacial score (nSPS) is 10.8. The quantitative estimate of drug-likeness (QED) is 0.739. The number of fused-ring (bicyclic) bond motifs is 1. The van der Waals surface area contributed by atoms with E-state index >= 15 is 0 Å². The highest BCUT2D eigenvalue weighted by Gasteiger charge is 2.09. The molecule has 3 nitrogen and oxygen atoms in total. The highest BCUT2D eigenvalue weighted by molar-refractivity contribution is 9.10. The van der Waals surface area contributed by atoms with Gasteiger partial charge in [-0.3, -0.25) is 4.79 Å². The van der Waals surface area contributed by atoms with Crippen LogP contribution in [-0.4, -0.2) is 10.9 Å². The van der Waals surface area contributed by atoms with Crippen LogP contribution in [-0.2, 0) is 6.54 Å². The van der Waals surface area contributed by atoms with Crippen molar-refractivity contribution in [2.24, 2.45) is 0 Å². The molecule has 0 bridgehead atoms. The summed E-state index contributed by atoms with van der Waals surface area (Å²) < 4.78 is 13.8. The van der Waals surface area contributed by atoms with Gasteiger partial charge in [-0.15, -0.1) is 0 Å². The van der Waals surface area contributed by atoms with Crippen LogP contribution in [0.5, 0.6) is 0 Å². The number of amides is 1. The summed E-state index contributed by atoms with van der Waals surface area (Å²) >= 11 is 3.39. The molecule has 0 fully saturated rings. The lowest BCUT2D eigenvalue weighted by molar-refractivity contribution is 0.0947. The summed E-state index contributed by atoms with van der Waals surface area (Å²) in [6.07, 6.45) is 0. The molecule has 3 aromatic rings. The van der Waals surface area contributed by atoms with Crippen molar-refractivity contribution in [3.05, 3.63) is 70.1 Å². The van der Waals surface area contributed by atoms with Crippen LogP contribution in [0.2, 0.25) is 0 Å². The van der Waals surface area contributed by atoms with Gasteiger partial charge in [0.05, 0.1) is 0 Å². The summed E-state index contributed by atoms with van der Waals surface area (Å²) in [5.41, 5.74) is 2.25. The molecule has 0 spiro atoms. The Bertz CT molecular complexity index is 796. The minimum Gasteiger partial charge on any atom is -0.350 e. The van der Waals surface area contributed by atoms with E-state index in [0.717, 1.165) is 20.9 Å². The van der Waals surface area contributed by atoms with E-state index < -0.39 is 0 Å². The van der Waals surface area contributed by atoms with Crippen molar-refractivity contribution in [2.75, 3.05) is 0 Å². The largest absolute Gasteiger partial charge is 0.350 e. The molecule has 0 saturated heterocycles. The van der Waals surface area contributed by atoms with Crippen LogP contribution in [0, 0.1) is 5.82 Å². The molecular formula is C16H12BrFN2O. The average Bonchev–Trinajstić information content (AvgIpc) is 2.89. The summed E-state index contributed by atoms with van der Waals surface area (Å²) in [5, 5.41) is 3.78. The Morgan fingerprint density at radius 2 is 1.90 bits per heavy atom. The number of nitrogens with one attached hydrogen (secondary N) is 2. The van der Waals surface area contributed by atoms with Crippen LogP contribution >= 0.6 is 15.9 Å². The minimum atomic E-state index is -0.286. The number of aromatic amines is 1. The van der Waals surface area contributed by atoms with Crippen LogP contribution < -0.4 is 5.32 Å². The van der Waals surface area contributed by atoms with Crippen molar-refractivity contribution < 1.29 is 9.18 Å². The van der Waals surface area contributed by atoms with Gasteiger partial charge in [-0.1, -0.05) is 34.1 Å². The van der Waals surface area contributed by atoms with Gasteiger partial charge < -0.3 is 10.3 Å². The van der Waals surface area contributed by atoms with E-state index in [1.165, 1.54) is 12.1 Å². The molecule has 0 radical (unpaired) electrons. The van der Waals surface area contributed by atoms with Crippen molar-refractivity contribution in [1.82, 2.24) is 10.3 Å². The second kappa shape index (κ2) is 5.69. The van der Waals surface area contributed by atoms with E-state index in [2.05, 4.69) is 26.2 Å². The Hall–Kier alpha value is -2.14. The molecule has 0 aliphatic carbocycles. The first kappa shape index (κ1) is 13.8. The number of H-pyrrole nitrogens is 1. The van der Waals surface area contributed by atoms with Gasteiger partial charge in [-0.05, 0) is 35.9 Å². The zero-order chi connectivity index (χ0) is 14.8. The summed E-state index contributed by atoms with van der Waals surface area (Å²) in [4.78, 5) is 15.2. The fraction of sp³-hybridized carbons (Fsp3) is 0.0625. The van der Waals surface area contributed by atoms with E-state index in [1.807, 2.05) is 24.3 Å². The van der Waals surface area contributed by atoms with Gasteiger partial charge in [-0.2, -0.15) is 0 Å². The maximum absolute atomic E-state index is 12.8. The molecule has 21 heavy (non-hydrogen) atoms. The molecule has 0 unspecified atom stereocenters. The monoisotopic (exact) mass is 346 g/mol. The molecule has 0 saturated carbocycles. The zero-order valence-corrected chi connectivity index (χ0v) is 12.6. The molecule has 0 aliphatic rings. The maximum atomic E-state index is 12.8. The van der Waals surface area contributed by atoms with Crippen molar-refractivity contribution in [2.45, 2.75) is 6.54 Å². The lowest BCUT2D eigenvalue weighted by Gasteiger charge is -2.03. The molecule has 5 heteroatoms. The Labute approximate surface area is 129 Å². The fourth-order valence-corrected chi connectivity index (χ4v) is 2.46. The smallest absolute Gasteiger partial charge is 0.267 e. The van der Waals surface area contributed by atoms with Crippen LogP contribution in [0.3, 0.4) is 0 Å². The summed E-state index contributed by atoms with van der Waals surface area (Å²) in [6.45, 7) is 0.359. The molecule has 106 valence electrons. The Balaban J connectivity index is 1.73. The number of aromatic nitrogens is 1. The molecule has 3 rings (SSSR count). The Morgan fingerprint density at radius 3 is 2.67 bits per heavy atom. The molecule has 1 aromatic heterocycles. The number of carbonyl (C=O) groups excluding carboxylic acids is 1. The number of rotatable bonds is 3. The second-order valence-corrected chi connectivity index (χ2v) is 5.64. The third-order valence-corrected chi connectivity index (χ3v) is 3.69. The summed E-state index contributed by atoms with van der Waals surface area (Å²) in [6, 6.07) is 13.6. The van der Waals surface area contributed by atoms with E-state index in [0.29, 0.717) is 12.2 Å². The number of carbonyl (C=O) groups is 1. The third-order valence-electron chi connectivity index (χ3n) is 3.20. The van der Waals surface area contributed by atoms with Crippen LogP contribution in [0.1, 0.15) is 16.1 Å². The zero-order valence-electron chi connectivity index (χ0n) is 11.0. The molecular weight excluding hydrogens is 335 g/mol. The highest BCUT2D eigenvalue weighted by atomic mass is 79.9. The summed E-state index contributed by atoms with van der Waals surface area (Å²) in [5.74, 6) is -0.474. The van der Waals surface area contributed by atoms with Gasteiger partial charge in [0.2, 0.25) is 0 Å². The molecule has 1 amide bonds. The number of halogens is 2. The van der Waals surface area contributed by atoms with E-state index in [4.69, 9.17) is 0 Å². The fourth-order valence-electron chi connectivity index (χ4n) is 2.10. The predicted molar refractivity (Wildman–Crippen MR) is 83.6 cm³/mol. The van der Waals surface area contributed by atoms with Crippen LogP contribution in [0.4, 0.5) is 4.39 Å². The second-order valence-electron chi connectivity index (χ2n) is 4.72.